The first-order chi connectivity index (χ1) is 8.21. The molecule has 0 radical (unpaired) electrons. The van der Waals surface area contributed by atoms with Crippen molar-refractivity contribution in [3.8, 4) is 0 Å². The van der Waals surface area contributed by atoms with Gasteiger partial charge in [0, 0.05) is 12.4 Å². The van der Waals surface area contributed by atoms with E-state index in [1.165, 1.54) is 23.3 Å². The highest BCUT2D eigenvalue weighted by atomic mass is 16.4. The first-order valence-corrected chi connectivity index (χ1v) is 5.10. The number of imidazole rings is 1. The molecule has 1 heterocycles. The molecule has 2 aromatic rings. The van der Waals surface area contributed by atoms with Crippen LogP contribution in [-0.4, -0.2) is 32.3 Å². The van der Waals surface area contributed by atoms with E-state index in [0.717, 1.165) is 0 Å². The SMILES string of the molecule is O=C(O)C(CO)(c1ccccc1)n1ccnc1. The molecule has 0 aliphatic rings. The Kier molecular flexibility index (Phi) is 2.93. The van der Waals surface area contributed by atoms with Crippen molar-refractivity contribution in [3.05, 3.63) is 54.6 Å². The van der Waals surface area contributed by atoms with E-state index in [-0.39, 0.29) is 0 Å². The van der Waals surface area contributed by atoms with Crippen LogP contribution in [0.25, 0.3) is 0 Å². The molecule has 1 aromatic carbocycles. The third-order valence-electron chi connectivity index (χ3n) is 2.78. The largest absolute Gasteiger partial charge is 0.479 e. The van der Waals surface area contributed by atoms with Crippen LogP contribution in [0.3, 0.4) is 0 Å². The number of rotatable bonds is 4. The Morgan fingerprint density at radius 3 is 2.53 bits per heavy atom. The van der Waals surface area contributed by atoms with Crippen molar-refractivity contribution >= 4 is 5.97 Å². The van der Waals surface area contributed by atoms with Crippen LogP contribution in [0.2, 0.25) is 0 Å². The van der Waals surface area contributed by atoms with E-state index in [4.69, 9.17) is 0 Å². The molecule has 0 bridgehead atoms. The first kappa shape index (κ1) is 11.3. The average Bonchev–Trinajstić information content (AvgIpc) is 2.86. The average molecular weight is 232 g/mol. The van der Waals surface area contributed by atoms with Crippen molar-refractivity contribution in [2.75, 3.05) is 6.61 Å². The molecule has 0 saturated heterocycles. The number of aromatic nitrogens is 2. The predicted octanol–water partition coefficient (Wildman–Crippen LogP) is 0.704. The Hall–Kier alpha value is -2.14. The summed E-state index contributed by atoms with van der Waals surface area (Å²) >= 11 is 0. The van der Waals surface area contributed by atoms with Crippen molar-refractivity contribution in [2.24, 2.45) is 0 Å². The summed E-state index contributed by atoms with van der Waals surface area (Å²) in [6, 6.07) is 8.61. The quantitative estimate of drug-likeness (QED) is 0.813. The van der Waals surface area contributed by atoms with Crippen LogP contribution in [0.5, 0.6) is 0 Å². The molecule has 1 aromatic heterocycles. The molecule has 0 fully saturated rings. The molecule has 0 amide bonds. The van der Waals surface area contributed by atoms with Crippen molar-refractivity contribution in [2.45, 2.75) is 5.54 Å². The van der Waals surface area contributed by atoms with Gasteiger partial charge in [-0.3, -0.25) is 0 Å². The molecule has 5 heteroatoms. The fraction of sp³-hybridized carbons (Fsp3) is 0.167. The van der Waals surface area contributed by atoms with E-state index >= 15 is 0 Å². The zero-order chi connectivity index (χ0) is 12.3. The minimum atomic E-state index is -1.52. The van der Waals surface area contributed by atoms with Gasteiger partial charge in [-0.1, -0.05) is 30.3 Å². The number of benzene rings is 1. The molecule has 88 valence electrons. The number of carbonyl (C=O) groups is 1. The maximum atomic E-state index is 11.5. The van der Waals surface area contributed by atoms with Crippen LogP contribution in [0.4, 0.5) is 0 Å². The van der Waals surface area contributed by atoms with E-state index in [2.05, 4.69) is 4.98 Å². The maximum Gasteiger partial charge on any atom is 0.337 e. The van der Waals surface area contributed by atoms with Crippen LogP contribution in [0.1, 0.15) is 5.56 Å². The first-order valence-electron chi connectivity index (χ1n) is 5.10. The van der Waals surface area contributed by atoms with Gasteiger partial charge in [-0.25, -0.2) is 9.78 Å². The van der Waals surface area contributed by atoms with Gasteiger partial charge in [-0.2, -0.15) is 0 Å². The predicted molar refractivity (Wildman–Crippen MR) is 60.5 cm³/mol. The van der Waals surface area contributed by atoms with Crippen LogP contribution in [0, 0.1) is 0 Å². The molecule has 0 spiro atoms. The molecule has 5 nitrogen and oxygen atoms in total. The lowest BCUT2D eigenvalue weighted by Crippen LogP contribution is -2.45. The number of aliphatic carboxylic acids is 1. The standard InChI is InChI=1S/C12H12N2O3/c15-8-12(11(16)17,14-7-6-13-9-14)10-4-2-1-3-5-10/h1-7,9,15H,8H2,(H,16,17). The topological polar surface area (TPSA) is 75.3 Å². The van der Waals surface area contributed by atoms with Crippen LogP contribution in [0.15, 0.2) is 49.1 Å². The minimum absolute atomic E-state index is 0.507. The Morgan fingerprint density at radius 1 is 1.35 bits per heavy atom. The lowest BCUT2D eigenvalue weighted by atomic mass is 9.90. The fourth-order valence-electron chi connectivity index (χ4n) is 1.82. The number of aliphatic hydroxyl groups excluding tert-OH is 1. The minimum Gasteiger partial charge on any atom is -0.479 e. The van der Waals surface area contributed by atoms with Crippen molar-refractivity contribution in [1.82, 2.24) is 9.55 Å². The van der Waals surface area contributed by atoms with Gasteiger partial charge < -0.3 is 14.8 Å². The van der Waals surface area contributed by atoms with Crippen LogP contribution in [-0.2, 0) is 10.3 Å². The second-order valence-corrected chi connectivity index (χ2v) is 3.66. The Bertz CT molecular complexity index is 496. The summed E-state index contributed by atoms with van der Waals surface area (Å²) < 4.78 is 1.39. The Balaban J connectivity index is 2.63. The third-order valence-corrected chi connectivity index (χ3v) is 2.78. The summed E-state index contributed by atoms with van der Waals surface area (Å²) in [6.07, 6.45) is 4.39. The smallest absolute Gasteiger partial charge is 0.337 e. The van der Waals surface area contributed by atoms with E-state index in [1.54, 1.807) is 30.3 Å². The molecule has 0 aliphatic heterocycles. The fourth-order valence-corrected chi connectivity index (χ4v) is 1.82. The number of hydrogen-bond acceptors (Lipinski definition) is 3. The van der Waals surface area contributed by atoms with Gasteiger partial charge in [0.2, 0.25) is 0 Å². The summed E-state index contributed by atoms with van der Waals surface area (Å²) in [4.78, 5) is 15.4. The van der Waals surface area contributed by atoms with E-state index in [0.29, 0.717) is 5.56 Å². The zero-order valence-corrected chi connectivity index (χ0v) is 9.02. The van der Waals surface area contributed by atoms with Gasteiger partial charge in [-0.15, -0.1) is 0 Å². The highest BCUT2D eigenvalue weighted by Gasteiger charge is 2.41. The molecule has 0 aliphatic carbocycles. The summed E-state index contributed by atoms with van der Waals surface area (Å²) in [5.41, 5.74) is -1.01. The third kappa shape index (κ3) is 1.70. The normalized spacial score (nSPS) is 14.2. The molecule has 2 N–H and O–H groups in total. The van der Waals surface area contributed by atoms with Gasteiger partial charge >= 0.3 is 5.97 Å². The Morgan fingerprint density at radius 2 is 2.06 bits per heavy atom. The highest BCUT2D eigenvalue weighted by Crippen LogP contribution is 2.26. The number of aliphatic hydroxyl groups is 1. The van der Waals surface area contributed by atoms with Crippen LogP contribution < -0.4 is 0 Å². The van der Waals surface area contributed by atoms with E-state index < -0.39 is 18.1 Å². The maximum absolute atomic E-state index is 11.5. The van der Waals surface area contributed by atoms with Crippen molar-refractivity contribution in [3.63, 3.8) is 0 Å². The molecular formula is C12H12N2O3. The van der Waals surface area contributed by atoms with Crippen molar-refractivity contribution < 1.29 is 15.0 Å². The molecule has 1 atom stereocenters. The Labute approximate surface area is 98.0 Å². The second-order valence-electron chi connectivity index (χ2n) is 3.66. The second kappa shape index (κ2) is 4.39. The lowest BCUT2D eigenvalue weighted by molar-refractivity contribution is -0.147. The molecule has 1 unspecified atom stereocenters. The van der Waals surface area contributed by atoms with Gasteiger partial charge in [0.05, 0.1) is 12.9 Å². The van der Waals surface area contributed by atoms with Crippen LogP contribution >= 0.6 is 0 Å². The van der Waals surface area contributed by atoms with Gasteiger partial charge in [0.15, 0.2) is 5.54 Å². The molecule has 0 saturated carbocycles. The van der Waals surface area contributed by atoms with E-state index in [1.807, 2.05) is 0 Å². The van der Waals surface area contributed by atoms with Gasteiger partial charge in [0.1, 0.15) is 0 Å². The summed E-state index contributed by atoms with van der Waals surface area (Å²) in [5.74, 6) is -1.12. The summed E-state index contributed by atoms with van der Waals surface area (Å²) in [7, 11) is 0. The number of carboxylic acids is 1. The molecular weight excluding hydrogens is 220 g/mol. The monoisotopic (exact) mass is 232 g/mol. The highest BCUT2D eigenvalue weighted by molar-refractivity contribution is 5.81. The summed E-state index contributed by atoms with van der Waals surface area (Å²) in [6.45, 7) is -0.539. The molecule has 2 rings (SSSR count). The number of hydrogen-bond donors (Lipinski definition) is 2. The lowest BCUT2D eigenvalue weighted by Gasteiger charge is -2.29. The summed E-state index contributed by atoms with van der Waals surface area (Å²) in [5, 5.41) is 19.0. The van der Waals surface area contributed by atoms with E-state index in [9.17, 15) is 15.0 Å². The molecule has 17 heavy (non-hydrogen) atoms. The van der Waals surface area contributed by atoms with Gasteiger partial charge in [0.25, 0.3) is 0 Å². The van der Waals surface area contributed by atoms with Crippen molar-refractivity contribution in [1.29, 1.82) is 0 Å². The van der Waals surface area contributed by atoms with Gasteiger partial charge in [-0.05, 0) is 5.56 Å². The number of nitrogens with zero attached hydrogens (tertiary/aromatic N) is 2. The number of carboxylic acid groups (broad SMARTS) is 1. The zero-order valence-electron chi connectivity index (χ0n) is 9.02.